The molecular weight excluding hydrogens is 327 g/mol. The third-order valence-corrected chi connectivity index (χ3v) is 5.44. The van der Waals surface area contributed by atoms with E-state index in [0.717, 1.165) is 0 Å². The molecule has 1 aromatic carbocycles. The average molecular weight is 346 g/mol. The van der Waals surface area contributed by atoms with E-state index in [4.69, 9.17) is 4.74 Å². The highest BCUT2D eigenvalue weighted by Crippen LogP contribution is 2.42. The van der Waals surface area contributed by atoms with E-state index in [1.807, 2.05) is 4.90 Å². The Labute approximate surface area is 143 Å². The van der Waals surface area contributed by atoms with Crippen LogP contribution in [0.5, 0.6) is 0 Å². The minimum atomic E-state index is -0.772. The van der Waals surface area contributed by atoms with Crippen molar-refractivity contribution in [1.29, 1.82) is 0 Å². The number of H-pyrrole nitrogens is 1. The second kappa shape index (κ2) is 5.93. The number of fused-ring (bicyclic) bond motifs is 2. The number of nitrogens with one attached hydrogen (secondary N) is 1. The number of pyridine rings is 1. The second-order valence-corrected chi connectivity index (χ2v) is 7.00. The fourth-order valence-electron chi connectivity index (χ4n) is 4.12. The molecule has 6 nitrogen and oxygen atoms in total. The first kappa shape index (κ1) is 16.2. The van der Waals surface area contributed by atoms with Crippen LogP contribution in [0.3, 0.4) is 0 Å². The molecule has 7 heteroatoms. The van der Waals surface area contributed by atoms with Crippen molar-refractivity contribution in [2.75, 3.05) is 26.3 Å². The molecule has 2 aromatic rings. The number of aliphatic carboxylic acids is 1. The number of carboxylic acid groups (broad SMARTS) is 1. The lowest BCUT2D eigenvalue weighted by Gasteiger charge is -2.34. The monoisotopic (exact) mass is 346 g/mol. The first-order chi connectivity index (χ1) is 12.0. The molecule has 0 aliphatic carbocycles. The number of ether oxygens (including phenoxy) is 1. The zero-order valence-electron chi connectivity index (χ0n) is 13.6. The van der Waals surface area contributed by atoms with Crippen molar-refractivity contribution in [3.8, 4) is 0 Å². The van der Waals surface area contributed by atoms with Crippen molar-refractivity contribution in [2.45, 2.75) is 13.0 Å². The van der Waals surface area contributed by atoms with Crippen LogP contribution >= 0.6 is 0 Å². The van der Waals surface area contributed by atoms with Gasteiger partial charge in [-0.15, -0.1) is 0 Å². The third-order valence-electron chi connectivity index (χ3n) is 5.44. The quantitative estimate of drug-likeness (QED) is 0.882. The van der Waals surface area contributed by atoms with E-state index >= 15 is 0 Å². The Balaban J connectivity index is 1.61. The van der Waals surface area contributed by atoms with Crippen LogP contribution in [0.1, 0.15) is 12.1 Å². The first-order valence-corrected chi connectivity index (χ1v) is 8.33. The molecule has 0 radical (unpaired) electrons. The summed E-state index contributed by atoms with van der Waals surface area (Å²) < 4.78 is 18.8. The van der Waals surface area contributed by atoms with E-state index in [-0.39, 0.29) is 11.3 Å². The maximum absolute atomic E-state index is 13.3. The summed E-state index contributed by atoms with van der Waals surface area (Å²) >= 11 is 0. The van der Waals surface area contributed by atoms with Gasteiger partial charge in [-0.3, -0.25) is 14.5 Å². The molecule has 25 heavy (non-hydrogen) atoms. The van der Waals surface area contributed by atoms with Crippen LogP contribution in [0.25, 0.3) is 10.9 Å². The number of hydrogen-bond donors (Lipinski definition) is 2. The number of likely N-dealkylation sites (tertiary alicyclic amines) is 1. The molecule has 2 aliphatic heterocycles. The van der Waals surface area contributed by atoms with Gasteiger partial charge in [0.1, 0.15) is 5.82 Å². The van der Waals surface area contributed by atoms with Crippen molar-refractivity contribution >= 4 is 16.9 Å². The van der Waals surface area contributed by atoms with Gasteiger partial charge in [-0.05, 0) is 24.6 Å². The highest BCUT2D eigenvalue weighted by Gasteiger charge is 2.53. The minimum Gasteiger partial charge on any atom is -0.481 e. The first-order valence-electron chi connectivity index (χ1n) is 8.33. The van der Waals surface area contributed by atoms with Gasteiger partial charge in [0, 0.05) is 54.8 Å². The molecule has 0 unspecified atom stereocenters. The lowest BCUT2D eigenvalue weighted by atomic mass is 9.74. The van der Waals surface area contributed by atoms with Crippen molar-refractivity contribution in [3.63, 3.8) is 0 Å². The largest absolute Gasteiger partial charge is 0.481 e. The van der Waals surface area contributed by atoms with E-state index in [1.54, 1.807) is 6.07 Å². The number of hydrogen-bond acceptors (Lipinski definition) is 4. The normalized spacial score (nSPS) is 26.7. The molecule has 4 rings (SSSR count). The molecule has 0 bridgehead atoms. The SMILES string of the molecule is O=C(O)[C@]12CCOC[C@H]1CN(Cc1cc(=O)c3cc(F)ccc3[nH]1)C2. The van der Waals surface area contributed by atoms with Gasteiger partial charge in [0.2, 0.25) is 0 Å². The summed E-state index contributed by atoms with van der Waals surface area (Å²) in [6.45, 7) is 2.44. The van der Waals surface area contributed by atoms with E-state index in [1.165, 1.54) is 18.2 Å². The molecule has 2 fully saturated rings. The van der Waals surface area contributed by atoms with Gasteiger partial charge in [0.25, 0.3) is 0 Å². The Morgan fingerprint density at radius 2 is 2.28 bits per heavy atom. The summed E-state index contributed by atoms with van der Waals surface area (Å²) in [5.41, 5.74) is 0.274. The van der Waals surface area contributed by atoms with E-state index in [9.17, 15) is 19.1 Å². The molecule has 132 valence electrons. The lowest BCUT2D eigenvalue weighted by Crippen LogP contribution is -2.44. The van der Waals surface area contributed by atoms with Crippen LogP contribution in [0.15, 0.2) is 29.1 Å². The van der Waals surface area contributed by atoms with Crippen LogP contribution in [0, 0.1) is 17.2 Å². The number of aromatic nitrogens is 1. The average Bonchev–Trinajstić information content (AvgIpc) is 2.95. The van der Waals surface area contributed by atoms with Crippen LogP contribution in [-0.2, 0) is 16.1 Å². The number of aromatic amines is 1. The number of nitrogens with zero attached hydrogens (tertiary/aromatic N) is 1. The fraction of sp³-hybridized carbons (Fsp3) is 0.444. The van der Waals surface area contributed by atoms with Gasteiger partial charge in [-0.25, -0.2) is 4.39 Å². The van der Waals surface area contributed by atoms with E-state index in [0.29, 0.717) is 55.9 Å². The van der Waals surface area contributed by atoms with Gasteiger partial charge in [-0.1, -0.05) is 0 Å². The summed E-state index contributed by atoms with van der Waals surface area (Å²) in [6.07, 6.45) is 0.511. The van der Waals surface area contributed by atoms with Gasteiger partial charge < -0.3 is 14.8 Å². The van der Waals surface area contributed by atoms with Crippen molar-refractivity contribution in [1.82, 2.24) is 9.88 Å². The second-order valence-electron chi connectivity index (χ2n) is 7.00. The zero-order valence-corrected chi connectivity index (χ0v) is 13.6. The molecule has 0 spiro atoms. The molecule has 3 heterocycles. The molecule has 2 aliphatic rings. The zero-order chi connectivity index (χ0) is 17.6. The summed E-state index contributed by atoms with van der Waals surface area (Å²) in [6, 6.07) is 5.54. The summed E-state index contributed by atoms with van der Waals surface area (Å²) in [5, 5.41) is 10.0. The van der Waals surface area contributed by atoms with Gasteiger partial charge in [0.15, 0.2) is 5.43 Å². The van der Waals surface area contributed by atoms with Gasteiger partial charge in [-0.2, -0.15) is 0 Å². The molecule has 2 N–H and O–H groups in total. The third kappa shape index (κ3) is 2.73. The maximum atomic E-state index is 13.3. The van der Waals surface area contributed by atoms with Crippen LogP contribution in [-0.4, -0.2) is 47.3 Å². The van der Waals surface area contributed by atoms with E-state index in [2.05, 4.69) is 4.98 Å². The molecule has 2 atom stereocenters. The molecule has 0 amide bonds. The standard InChI is InChI=1S/C18H19FN2O4/c19-12-1-2-15-14(5-12)16(22)6-13(20-15)8-21-7-11-9-25-4-3-18(11,10-21)17(23)24/h1-2,5-6,11H,3-4,7-10H2,(H,20,22)(H,23,24)/t11-,18+/m1/s1. The number of benzene rings is 1. The fourth-order valence-corrected chi connectivity index (χ4v) is 4.12. The number of carboxylic acids is 1. The van der Waals surface area contributed by atoms with Crippen LogP contribution in [0.4, 0.5) is 4.39 Å². The smallest absolute Gasteiger partial charge is 0.311 e. The van der Waals surface area contributed by atoms with Gasteiger partial charge in [0.05, 0.1) is 12.0 Å². The van der Waals surface area contributed by atoms with Gasteiger partial charge >= 0.3 is 5.97 Å². The molecule has 0 saturated carbocycles. The van der Waals surface area contributed by atoms with Crippen LogP contribution < -0.4 is 5.43 Å². The Kier molecular flexibility index (Phi) is 3.85. The molecular formula is C18H19FN2O4. The van der Waals surface area contributed by atoms with Crippen molar-refractivity contribution in [2.24, 2.45) is 11.3 Å². The Hall–Kier alpha value is -2.25. The Morgan fingerprint density at radius 3 is 3.04 bits per heavy atom. The maximum Gasteiger partial charge on any atom is 0.311 e. The number of carbonyl (C=O) groups is 1. The molecule has 2 saturated heterocycles. The van der Waals surface area contributed by atoms with Crippen LogP contribution in [0.2, 0.25) is 0 Å². The predicted octanol–water partition coefficient (Wildman–Crippen LogP) is 1.59. The summed E-state index contributed by atoms with van der Waals surface area (Å²) in [5.74, 6) is -1.26. The highest BCUT2D eigenvalue weighted by molar-refractivity contribution is 5.78. The topological polar surface area (TPSA) is 82.6 Å². The molecule has 1 aromatic heterocycles. The number of halogens is 1. The minimum absolute atomic E-state index is 0.0416. The van der Waals surface area contributed by atoms with Crippen molar-refractivity contribution < 1.29 is 19.0 Å². The lowest BCUT2D eigenvalue weighted by molar-refractivity contribution is -0.157. The Bertz CT molecular complexity index is 896. The predicted molar refractivity (Wildman–Crippen MR) is 88.8 cm³/mol. The van der Waals surface area contributed by atoms with Crippen molar-refractivity contribution in [3.05, 3.63) is 46.0 Å². The number of rotatable bonds is 3. The van der Waals surface area contributed by atoms with E-state index < -0.39 is 17.2 Å². The summed E-state index contributed by atoms with van der Waals surface area (Å²) in [7, 11) is 0. The Morgan fingerprint density at radius 1 is 1.44 bits per heavy atom. The summed E-state index contributed by atoms with van der Waals surface area (Å²) in [4.78, 5) is 29.3. The highest BCUT2D eigenvalue weighted by atomic mass is 19.1.